The molecule has 0 heterocycles. The summed E-state index contributed by atoms with van der Waals surface area (Å²) in [6.45, 7) is 0. The van der Waals surface area contributed by atoms with E-state index in [-0.39, 0.29) is 32.3 Å². The van der Waals surface area contributed by atoms with E-state index in [1.54, 1.807) is 0 Å². The van der Waals surface area contributed by atoms with Crippen LogP contribution in [0, 0.1) is 0 Å². The van der Waals surface area contributed by atoms with Crippen LogP contribution in [0.1, 0.15) is 28.7 Å². The summed E-state index contributed by atoms with van der Waals surface area (Å²) in [5.41, 5.74) is 1.19. The first-order valence-electron chi connectivity index (χ1n) is 7.19. The molecule has 2 aromatic rings. The third kappa shape index (κ3) is 2.19. The van der Waals surface area contributed by atoms with E-state index in [2.05, 4.69) is 0 Å². The lowest BCUT2D eigenvalue weighted by Gasteiger charge is -2.23. The van der Waals surface area contributed by atoms with Crippen LogP contribution < -0.4 is 0 Å². The van der Waals surface area contributed by atoms with Gasteiger partial charge in [-0.15, -0.1) is 0 Å². The van der Waals surface area contributed by atoms with Crippen molar-refractivity contribution in [2.75, 3.05) is 0 Å². The Morgan fingerprint density at radius 1 is 0.654 bits per heavy atom. The summed E-state index contributed by atoms with van der Waals surface area (Å²) >= 11 is 0. The topological polar surface area (TPSA) is 123 Å². The molecule has 1 N–H and O–H groups in total. The zero-order valence-electron chi connectivity index (χ0n) is 12.7. The van der Waals surface area contributed by atoms with Crippen molar-refractivity contribution in [3.63, 3.8) is 0 Å². The van der Waals surface area contributed by atoms with Gasteiger partial charge in [0.2, 0.25) is 30.9 Å². The maximum atomic E-state index is 11.6. The van der Waals surface area contributed by atoms with Crippen molar-refractivity contribution in [3.05, 3.63) is 52.6 Å². The number of aliphatic hydroxyl groups excluding tert-OH is 1. The van der Waals surface area contributed by atoms with E-state index < -0.39 is 30.9 Å². The first-order chi connectivity index (χ1) is 12.3. The Morgan fingerprint density at radius 3 is 1.62 bits per heavy atom. The monoisotopic (exact) mass is 408 g/mol. The molecule has 26 heavy (non-hydrogen) atoms. The summed E-state index contributed by atoms with van der Waals surface area (Å²) in [6.07, 6.45) is 0.830. The second-order valence-corrected chi connectivity index (χ2v) is 8.53. The average molecular weight is 408 g/mol. The number of benzene rings is 2. The van der Waals surface area contributed by atoms with Crippen LogP contribution in [0.25, 0.3) is 16.5 Å². The van der Waals surface area contributed by atoms with Crippen LogP contribution >= 0.6 is 0 Å². The molecule has 132 valence electrons. The maximum Gasteiger partial charge on any atom is 0.222 e. The third-order valence-electron chi connectivity index (χ3n) is 4.47. The molecule has 0 bridgehead atoms. The molecule has 0 unspecified atom stereocenters. The van der Waals surface area contributed by atoms with Gasteiger partial charge in [-0.1, -0.05) is 18.2 Å². The minimum absolute atomic E-state index is 0.0979. The van der Waals surface area contributed by atoms with Crippen LogP contribution in [0.5, 0.6) is 0 Å². The van der Waals surface area contributed by atoms with Gasteiger partial charge in [0, 0.05) is 45.5 Å². The van der Waals surface area contributed by atoms with Crippen molar-refractivity contribution in [2.24, 2.45) is 0 Å². The second-order valence-electron chi connectivity index (χ2n) is 5.69. The van der Waals surface area contributed by atoms with Gasteiger partial charge in [0.15, 0.2) is 0 Å². The molecule has 0 spiro atoms. The third-order valence-corrected chi connectivity index (χ3v) is 6.70. The molecule has 0 radical (unpaired) electrons. The minimum atomic E-state index is -2.66. The molecule has 0 atom stereocenters. The molecule has 10 heteroatoms. The first kappa shape index (κ1) is 16.8. The highest BCUT2D eigenvalue weighted by Gasteiger charge is 2.30. The predicted octanol–water partition coefficient (Wildman–Crippen LogP) is 0.355. The Hall–Kier alpha value is -2.69. The molecule has 2 aliphatic rings. The van der Waals surface area contributed by atoms with Crippen molar-refractivity contribution in [2.45, 2.75) is 6.42 Å². The van der Waals surface area contributed by atoms with E-state index in [1.165, 1.54) is 24.3 Å². The molecule has 0 saturated heterocycles. The van der Waals surface area contributed by atoms with Gasteiger partial charge in [0.05, 0.1) is 9.73 Å². The van der Waals surface area contributed by atoms with Gasteiger partial charge in [-0.2, -0.15) is 25.3 Å². The number of hydrogen-bond donors (Lipinski definition) is 1. The number of aliphatic hydroxyl groups is 1. The standard InChI is InChI=1S/C16H8O7S3/c17-11-5-12(24(18)19)8-3-4-10-14(26(22)23)6-13(25(20)21)9-2-1-7(11)15(8)16(9)10/h1-5,17H,6H2. The molecule has 0 fully saturated rings. The van der Waals surface area contributed by atoms with E-state index in [9.17, 15) is 30.4 Å². The van der Waals surface area contributed by atoms with Crippen molar-refractivity contribution in [1.82, 2.24) is 0 Å². The first-order valence-corrected chi connectivity index (χ1v) is 10.4. The Kier molecular flexibility index (Phi) is 3.65. The van der Waals surface area contributed by atoms with Gasteiger partial charge in [-0.05, 0) is 6.07 Å². The fourth-order valence-electron chi connectivity index (χ4n) is 3.43. The summed E-state index contributed by atoms with van der Waals surface area (Å²) in [7, 11) is -7.96. The van der Waals surface area contributed by atoms with Crippen molar-refractivity contribution >= 4 is 62.0 Å². The Balaban J connectivity index is 2.39. The van der Waals surface area contributed by atoms with Crippen LogP contribution in [0.3, 0.4) is 0 Å². The van der Waals surface area contributed by atoms with Crippen molar-refractivity contribution in [3.8, 4) is 0 Å². The molecular weight excluding hydrogens is 400 g/mol. The summed E-state index contributed by atoms with van der Waals surface area (Å²) in [5, 5.41) is 10.8. The lowest BCUT2D eigenvalue weighted by atomic mass is 9.82. The minimum Gasteiger partial charge on any atom is -0.507 e. The molecule has 7 nitrogen and oxygen atoms in total. The Morgan fingerprint density at radius 2 is 1.12 bits per heavy atom. The molecular formula is C16H8O7S3. The van der Waals surface area contributed by atoms with E-state index >= 15 is 0 Å². The summed E-state index contributed by atoms with van der Waals surface area (Å²) in [6, 6.07) is 5.91. The van der Waals surface area contributed by atoms with Gasteiger partial charge >= 0.3 is 0 Å². The predicted molar refractivity (Wildman–Crippen MR) is 98.3 cm³/mol. The lowest BCUT2D eigenvalue weighted by Crippen LogP contribution is -2.21. The number of rotatable bonds is 0. The van der Waals surface area contributed by atoms with Crippen LogP contribution in [0.15, 0.2) is 30.3 Å². The van der Waals surface area contributed by atoms with E-state index in [0.717, 1.165) is 6.08 Å². The Bertz CT molecular complexity index is 1430. The molecule has 0 aromatic heterocycles. The molecule has 0 aliphatic heterocycles. The molecule has 2 aromatic carbocycles. The van der Waals surface area contributed by atoms with Crippen LogP contribution in [0.2, 0.25) is 0 Å². The van der Waals surface area contributed by atoms with Crippen molar-refractivity contribution in [1.29, 1.82) is 0 Å². The van der Waals surface area contributed by atoms with Gasteiger partial charge in [-0.3, -0.25) is 0 Å². The van der Waals surface area contributed by atoms with Crippen LogP contribution in [-0.4, -0.2) is 45.0 Å². The average Bonchev–Trinajstić information content (AvgIpc) is 2.59. The number of allylic oxidation sites excluding steroid dienone is 1. The fraction of sp³-hybridized carbons (Fsp3) is 0.0625. The largest absolute Gasteiger partial charge is 0.507 e. The maximum absolute atomic E-state index is 11.6. The Labute approximate surface area is 151 Å². The lowest BCUT2D eigenvalue weighted by molar-refractivity contribution is 0.513. The van der Waals surface area contributed by atoms with E-state index in [1.807, 2.05) is 0 Å². The fourth-order valence-corrected chi connectivity index (χ4v) is 5.30. The molecule has 0 amide bonds. The normalized spacial score (nSPS) is 15.1. The van der Waals surface area contributed by atoms with E-state index in [0.29, 0.717) is 27.5 Å². The van der Waals surface area contributed by atoms with E-state index in [4.69, 9.17) is 0 Å². The highest BCUT2D eigenvalue weighted by molar-refractivity contribution is 7.75. The van der Waals surface area contributed by atoms with Gasteiger partial charge in [0.1, 0.15) is 10.6 Å². The quantitative estimate of drug-likeness (QED) is 0.624. The molecule has 4 rings (SSSR count). The summed E-state index contributed by atoms with van der Waals surface area (Å²) in [4.78, 5) is -0.350. The zero-order valence-corrected chi connectivity index (χ0v) is 15.2. The highest BCUT2D eigenvalue weighted by atomic mass is 32.2. The smallest absolute Gasteiger partial charge is 0.222 e. The van der Waals surface area contributed by atoms with Gasteiger partial charge in [0.25, 0.3) is 0 Å². The number of hydrogen-bond acceptors (Lipinski definition) is 7. The zero-order chi connectivity index (χ0) is 18.7. The highest BCUT2D eigenvalue weighted by Crippen LogP contribution is 2.38. The summed E-state index contributed by atoms with van der Waals surface area (Å²) < 4.78 is 69.7. The summed E-state index contributed by atoms with van der Waals surface area (Å²) in [5.74, 6) is -0.291. The molecule has 0 saturated carbocycles. The van der Waals surface area contributed by atoms with Gasteiger partial charge < -0.3 is 5.11 Å². The van der Waals surface area contributed by atoms with Crippen LogP contribution in [0.4, 0.5) is 0 Å². The SMILES string of the molecule is O=S(=O)=C1C=C(O)c2ccc3c4c(ccc1c24)C(=S(=O)=O)CC3=S(=O)=O. The second kappa shape index (κ2) is 5.66. The molecule has 2 aliphatic carbocycles. The van der Waals surface area contributed by atoms with Crippen molar-refractivity contribution < 1.29 is 30.4 Å². The van der Waals surface area contributed by atoms with Crippen LogP contribution in [-0.2, 0) is 30.9 Å². The van der Waals surface area contributed by atoms with Gasteiger partial charge in [-0.25, -0.2) is 0 Å².